The van der Waals surface area contributed by atoms with Gasteiger partial charge in [-0.1, -0.05) is 0 Å². The molecule has 13 heteroatoms. The smallest absolute Gasteiger partial charge is 0.409 e. The van der Waals surface area contributed by atoms with E-state index >= 15 is 0 Å². The molecular formula is C23H22F7N3O3. The number of amides is 1. The average molecular weight is 521 g/mol. The highest BCUT2D eigenvalue weighted by atomic mass is 19.4. The first-order valence-electron chi connectivity index (χ1n) is 10.3. The summed E-state index contributed by atoms with van der Waals surface area (Å²) >= 11 is 0. The van der Waals surface area contributed by atoms with Gasteiger partial charge >= 0.3 is 18.4 Å². The topological polar surface area (TPSA) is 74.6 Å². The number of anilines is 1. The maximum absolute atomic E-state index is 13.9. The molecule has 0 aliphatic rings. The Morgan fingerprint density at radius 1 is 1.08 bits per heavy atom. The minimum absolute atomic E-state index is 0.0452. The Kier molecular flexibility index (Phi) is 9.45. The molecule has 0 aromatic heterocycles. The molecule has 0 spiro atoms. The van der Waals surface area contributed by atoms with Crippen molar-refractivity contribution in [1.82, 2.24) is 5.32 Å². The summed E-state index contributed by atoms with van der Waals surface area (Å²) in [6.07, 6.45) is -10.4. The van der Waals surface area contributed by atoms with E-state index in [0.29, 0.717) is 18.9 Å². The van der Waals surface area contributed by atoms with E-state index in [-0.39, 0.29) is 24.9 Å². The van der Waals surface area contributed by atoms with Crippen LogP contribution in [0, 0.1) is 11.2 Å². The van der Waals surface area contributed by atoms with Crippen LogP contribution in [0.5, 0.6) is 5.75 Å². The predicted octanol–water partition coefficient (Wildman–Crippen LogP) is 6.12. The minimum atomic E-state index is -5.35. The van der Waals surface area contributed by atoms with Crippen LogP contribution in [0.1, 0.15) is 23.6 Å². The lowest BCUT2D eigenvalue weighted by atomic mass is 9.98. The van der Waals surface area contributed by atoms with Gasteiger partial charge in [-0.2, -0.15) is 26.3 Å². The SMILES string of the molecule is CCOCCN/C=C(\C=N)c1cc(C(F)(F)F)cc(C(F)(F)F)c1OC(=O)N(C)c1ccc(F)cc1. The second kappa shape index (κ2) is 11.9. The first kappa shape index (κ1) is 28.6. The van der Waals surface area contributed by atoms with Crippen molar-refractivity contribution in [3.8, 4) is 5.75 Å². The summed E-state index contributed by atoms with van der Waals surface area (Å²) in [7, 11) is 1.12. The molecule has 36 heavy (non-hydrogen) atoms. The standard InChI is InChI=1S/C23H22F7N3O3/c1-3-35-9-8-32-13-14(12-31)18-10-15(22(25,26)27)11-19(23(28,29)30)20(18)36-21(34)33(2)17-6-4-16(24)5-7-17/h4-7,10-13,31-32H,3,8-9H2,1-2H3/b14-13+,31-12?. The van der Waals surface area contributed by atoms with E-state index in [1.807, 2.05) is 0 Å². The highest BCUT2D eigenvalue weighted by molar-refractivity contribution is 6.10. The van der Waals surface area contributed by atoms with Crippen LogP contribution in [0.15, 0.2) is 42.6 Å². The second-order valence-corrected chi connectivity index (χ2v) is 7.19. The van der Waals surface area contributed by atoms with Crippen molar-refractivity contribution in [2.24, 2.45) is 0 Å². The lowest BCUT2D eigenvalue weighted by molar-refractivity contribution is -0.143. The predicted molar refractivity (Wildman–Crippen MR) is 119 cm³/mol. The van der Waals surface area contributed by atoms with Crippen LogP contribution in [0.4, 0.5) is 41.2 Å². The van der Waals surface area contributed by atoms with Crippen molar-refractivity contribution >= 4 is 23.6 Å². The highest BCUT2D eigenvalue weighted by Gasteiger charge is 2.41. The molecule has 0 fully saturated rings. The monoisotopic (exact) mass is 521 g/mol. The van der Waals surface area contributed by atoms with Gasteiger partial charge in [-0.15, -0.1) is 0 Å². The number of rotatable bonds is 9. The number of alkyl halides is 6. The van der Waals surface area contributed by atoms with Gasteiger partial charge in [0.15, 0.2) is 5.75 Å². The molecule has 1 amide bonds. The Hall–Kier alpha value is -3.61. The molecule has 0 heterocycles. The quantitative estimate of drug-likeness (QED) is 0.237. The zero-order valence-corrected chi connectivity index (χ0v) is 19.1. The van der Waals surface area contributed by atoms with Gasteiger partial charge in [0.05, 0.1) is 17.7 Å². The maximum Gasteiger partial charge on any atom is 0.420 e. The molecule has 0 aliphatic heterocycles. The number of hydrogen-bond acceptors (Lipinski definition) is 5. The first-order chi connectivity index (χ1) is 16.8. The van der Waals surface area contributed by atoms with Gasteiger partial charge in [-0.25, -0.2) is 9.18 Å². The summed E-state index contributed by atoms with van der Waals surface area (Å²) in [4.78, 5) is 13.4. The lowest BCUT2D eigenvalue weighted by Gasteiger charge is -2.22. The van der Waals surface area contributed by atoms with Crippen LogP contribution in [-0.4, -0.2) is 39.1 Å². The van der Waals surface area contributed by atoms with E-state index < -0.39 is 52.3 Å². The second-order valence-electron chi connectivity index (χ2n) is 7.19. The number of carbonyl (C=O) groups is 1. The molecule has 0 bridgehead atoms. The fourth-order valence-corrected chi connectivity index (χ4v) is 2.91. The van der Waals surface area contributed by atoms with Crippen molar-refractivity contribution in [3.05, 3.63) is 65.1 Å². The Bertz CT molecular complexity index is 1100. The van der Waals surface area contributed by atoms with Crippen LogP contribution in [0.3, 0.4) is 0 Å². The molecule has 0 saturated heterocycles. The molecule has 0 aliphatic carbocycles. The molecule has 0 saturated carbocycles. The highest BCUT2D eigenvalue weighted by Crippen LogP contribution is 2.44. The Labute approximate surface area is 201 Å². The van der Waals surface area contributed by atoms with Gasteiger partial charge in [-0.05, 0) is 43.3 Å². The molecule has 2 rings (SSSR count). The molecule has 0 radical (unpaired) electrons. The number of carbonyl (C=O) groups excluding carboxylic acids is 1. The van der Waals surface area contributed by atoms with Crippen molar-refractivity contribution in [2.45, 2.75) is 19.3 Å². The molecule has 6 nitrogen and oxygen atoms in total. The van der Waals surface area contributed by atoms with E-state index in [1.165, 1.54) is 0 Å². The van der Waals surface area contributed by atoms with E-state index in [9.17, 15) is 35.5 Å². The van der Waals surface area contributed by atoms with E-state index in [0.717, 1.165) is 42.4 Å². The maximum atomic E-state index is 13.9. The number of benzene rings is 2. The van der Waals surface area contributed by atoms with Crippen molar-refractivity contribution < 1.29 is 45.0 Å². The van der Waals surface area contributed by atoms with Gasteiger partial charge < -0.3 is 20.2 Å². The number of allylic oxidation sites excluding steroid dienone is 1. The molecular weight excluding hydrogens is 499 g/mol. The summed E-state index contributed by atoms with van der Waals surface area (Å²) in [6.45, 7) is 2.43. The van der Waals surface area contributed by atoms with Crippen molar-refractivity contribution in [1.29, 1.82) is 5.41 Å². The molecule has 2 aromatic carbocycles. The van der Waals surface area contributed by atoms with Crippen LogP contribution < -0.4 is 15.0 Å². The third kappa shape index (κ3) is 7.44. The van der Waals surface area contributed by atoms with Crippen LogP contribution in [0.2, 0.25) is 0 Å². The number of nitrogens with one attached hydrogen (secondary N) is 2. The van der Waals surface area contributed by atoms with Gasteiger partial charge in [0, 0.05) is 49.4 Å². The average Bonchev–Trinajstić information content (AvgIpc) is 2.80. The van der Waals surface area contributed by atoms with Crippen LogP contribution in [-0.2, 0) is 17.1 Å². The number of hydrogen-bond donors (Lipinski definition) is 2. The van der Waals surface area contributed by atoms with Crippen LogP contribution >= 0.6 is 0 Å². The summed E-state index contributed by atoms with van der Waals surface area (Å²) in [6, 6.07) is 4.48. The Balaban J connectivity index is 2.62. The largest absolute Gasteiger partial charge is 0.420 e. The third-order valence-electron chi connectivity index (χ3n) is 4.72. The van der Waals surface area contributed by atoms with Gasteiger partial charge in [-0.3, -0.25) is 4.90 Å². The van der Waals surface area contributed by atoms with Crippen LogP contribution in [0.25, 0.3) is 5.57 Å². The van der Waals surface area contributed by atoms with Crippen molar-refractivity contribution in [2.75, 3.05) is 31.7 Å². The summed E-state index contributed by atoms with van der Waals surface area (Å²) in [5, 5.41) is 10.2. The molecule has 196 valence electrons. The Morgan fingerprint density at radius 2 is 1.72 bits per heavy atom. The first-order valence-corrected chi connectivity index (χ1v) is 10.3. The van der Waals surface area contributed by atoms with Crippen molar-refractivity contribution in [3.63, 3.8) is 0 Å². The van der Waals surface area contributed by atoms with E-state index in [2.05, 4.69) is 5.32 Å². The number of nitrogens with zero attached hydrogens (tertiary/aromatic N) is 1. The molecule has 2 aromatic rings. The van der Waals surface area contributed by atoms with Gasteiger partial charge in [0.25, 0.3) is 0 Å². The fraction of sp³-hybridized carbons (Fsp3) is 0.304. The summed E-state index contributed by atoms with van der Waals surface area (Å²) in [5.74, 6) is -1.86. The third-order valence-corrected chi connectivity index (χ3v) is 4.72. The summed E-state index contributed by atoms with van der Waals surface area (Å²) in [5.41, 5.74) is -4.69. The molecule has 0 unspecified atom stereocenters. The Morgan fingerprint density at radius 3 is 2.25 bits per heavy atom. The normalized spacial score (nSPS) is 12.3. The molecule has 0 atom stereocenters. The zero-order valence-electron chi connectivity index (χ0n) is 19.1. The number of halogens is 7. The minimum Gasteiger partial charge on any atom is -0.409 e. The fourth-order valence-electron chi connectivity index (χ4n) is 2.91. The van der Waals surface area contributed by atoms with E-state index in [1.54, 1.807) is 6.92 Å². The van der Waals surface area contributed by atoms with Gasteiger partial charge in [0.1, 0.15) is 5.82 Å². The summed E-state index contributed by atoms with van der Waals surface area (Å²) < 4.78 is 105. The zero-order chi connectivity index (χ0) is 27.1. The number of ether oxygens (including phenoxy) is 2. The van der Waals surface area contributed by atoms with E-state index in [4.69, 9.17) is 14.9 Å². The van der Waals surface area contributed by atoms with Gasteiger partial charge in [0.2, 0.25) is 0 Å². The lowest BCUT2D eigenvalue weighted by Crippen LogP contribution is -2.30. The molecule has 2 N–H and O–H groups in total.